The molecule has 0 radical (unpaired) electrons. The highest BCUT2D eigenvalue weighted by Crippen LogP contribution is 2.15. The molecule has 8 heteroatoms. The van der Waals surface area contributed by atoms with E-state index in [0.717, 1.165) is 71.4 Å². The quantitative estimate of drug-likeness (QED) is 0.534. The first-order valence-electron chi connectivity index (χ1n) is 8.26. The van der Waals surface area contributed by atoms with Gasteiger partial charge in [0.1, 0.15) is 0 Å². The molecule has 0 aromatic carbocycles. The maximum Gasteiger partial charge on any atom is 0.500 e. The first-order chi connectivity index (χ1) is 10.8. The van der Waals surface area contributed by atoms with Crippen LogP contribution in [0.25, 0.3) is 0 Å². The molecule has 0 spiro atoms. The zero-order valence-corrected chi connectivity index (χ0v) is 15.5. The van der Waals surface area contributed by atoms with Crippen LogP contribution in [0, 0.1) is 0 Å². The van der Waals surface area contributed by atoms with Crippen molar-refractivity contribution in [1.29, 1.82) is 0 Å². The maximum absolute atomic E-state index is 5.48. The number of hydrogen-bond acceptors (Lipinski definition) is 7. The monoisotopic (exact) mass is 334 g/mol. The molecule has 3 N–H and O–H groups in total. The Hall–Kier alpha value is -0.0631. The molecule has 132 valence electrons. The molecule has 0 bridgehead atoms. The smallest absolute Gasteiger partial charge is 0.377 e. The lowest BCUT2D eigenvalue weighted by atomic mass is 10.3. The Labute approximate surface area is 136 Å². The highest BCUT2D eigenvalue weighted by Gasteiger charge is 2.36. The second kappa shape index (κ2) is 12.4. The molecule has 0 saturated carbocycles. The summed E-state index contributed by atoms with van der Waals surface area (Å²) in [6.45, 7) is 9.38. The predicted molar refractivity (Wildman–Crippen MR) is 91.3 cm³/mol. The predicted octanol–water partition coefficient (Wildman–Crippen LogP) is -0.661. The summed E-state index contributed by atoms with van der Waals surface area (Å²) in [5.74, 6) is 0. The molecule has 0 amide bonds. The Kier molecular flexibility index (Phi) is 11.2. The number of hydrogen-bond donors (Lipinski definition) is 3. The van der Waals surface area contributed by atoms with E-state index in [1.54, 1.807) is 21.3 Å². The topological polar surface area (TPSA) is 67.0 Å². The summed E-state index contributed by atoms with van der Waals surface area (Å²) in [4.78, 5) is 2.50. The van der Waals surface area contributed by atoms with Crippen molar-refractivity contribution in [3.8, 4) is 0 Å². The van der Waals surface area contributed by atoms with Gasteiger partial charge in [-0.05, 0) is 13.0 Å². The van der Waals surface area contributed by atoms with Crippen molar-refractivity contribution >= 4 is 8.80 Å². The highest BCUT2D eigenvalue weighted by molar-refractivity contribution is 6.60. The van der Waals surface area contributed by atoms with E-state index in [2.05, 4.69) is 20.9 Å². The zero-order chi connectivity index (χ0) is 16.1. The SMILES string of the molecule is CO[Si](CCCN1CCNCCNCCNCC1)(OC)OC. The molecule has 1 saturated heterocycles. The Morgan fingerprint density at radius 2 is 1.23 bits per heavy atom. The van der Waals surface area contributed by atoms with E-state index in [4.69, 9.17) is 13.3 Å². The van der Waals surface area contributed by atoms with Gasteiger partial charge in [-0.1, -0.05) is 0 Å². The lowest BCUT2D eigenvalue weighted by Gasteiger charge is -2.27. The van der Waals surface area contributed by atoms with Gasteiger partial charge in [0.2, 0.25) is 0 Å². The molecule has 1 rings (SSSR count). The fourth-order valence-corrected chi connectivity index (χ4v) is 4.32. The van der Waals surface area contributed by atoms with Gasteiger partial charge in [-0.25, -0.2) is 0 Å². The van der Waals surface area contributed by atoms with Crippen molar-refractivity contribution in [2.24, 2.45) is 0 Å². The summed E-state index contributed by atoms with van der Waals surface area (Å²) in [5.41, 5.74) is 0. The molecular weight excluding hydrogens is 300 g/mol. The van der Waals surface area contributed by atoms with Gasteiger partial charge in [-0.3, -0.25) is 0 Å². The third-order valence-corrected chi connectivity index (χ3v) is 6.89. The van der Waals surface area contributed by atoms with E-state index in [9.17, 15) is 0 Å². The molecule has 7 nitrogen and oxygen atoms in total. The van der Waals surface area contributed by atoms with Crippen LogP contribution in [0.5, 0.6) is 0 Å². The third-order valence-electron chi connectivity index (χ3n) is 4.06. The summed E-state index contributed by atoms with van der Waals surface area (Å²) < 4.78 is 16.4. The van der Waals surface area contributed by atoms with E-state index in [-0.39, 0.29) is 0 Å². The molecule has 1 heterocycles. The van der Waals surface area contributed by atoms with Crippen molar-refractivity contribution in [1.82, 2.24) is 20.9 Å². The molecule has 0 atom stereocenters. The van der Waals surface area contributed by atoms with Crippen molar-refractivity contribution in [2.45, 2.75) is 12.5 Å². The van der Waals surface area contributed by atoms with E-state index in [1.807, 2.05) is 0 Å². The second-order valence-electron chi connectivity index (χ2n) is 5.49. The lowest BCUT2D eigenvalue weighted by molar-refractivity contribution is 0.121. The molecule has 1 aliphatic heterocycles. The summed E-state index contributed by atoms with van der Waals surface area (Å²) in [7, 11) is 2.61. The van der Waals surface area contributed by atoms with Crippen molar-refractivity contribution in [3.05, 3.63) is 0 Å². The summed E-state index contributed by atoms with van der Waals surface area (Å²) in [6.07, 6.45) is 1.03. The first kappa shape index (κ1) is 20.0. The lowest BCUT2D eigenvalue weighted by Crippen LogP contribution is -2.44. The van der Waals surface area contributed by atoms with Crippen LogP contribution in [0.1, 0.15) is 6.42 Å². The van der Waals surface area contributed by atoms with Crippen LogP contribution in [-0.2, 0) is 13.3 Å². The van der Waals surface area contributed by atoms with Crippen LogP contribution in [0.3, 0.4) is 0 Å². The van der Waals surface area contributed by atoms with Crippen molar-refractivity contribution < 1.29 is 13.3 Å². The van der Waals surface area contributed by atoms with Gasteiger partial charge in [-0.15, -0.1) is 0 Å². The third kappa shape index (κ3) is 7.98. The molecule has 0 aromatic rings. The van der Waals surface area contributed by atoms with Gasteiger partial charge < -0.3 is 34.1 Å². The number of nitrogens with zero attached hydrogens (tertiary/aromatic N) is 1. The Morgan fingerprint density at radius 1 is 0.773 bits per heavy atom. The van der Waals surface area contributed by atoms with Gasteiger partial charge >= 0.3 is 8.80 Å². The normalized spacial score (nSPS) is 20.3. The minimum absolute atomic E-state index is 0.859. The molecule has 1 fully saturated rings. The van der Waals surface area contributed by atoms with Crippen LogP contribution in [0.4, 0.5) is 0 Å². The Bertz CT molecular complexity index is 250. The van der Waals surface area contributed by atoms with Crippen LogP contribution >= 0.6 is 0 Å². The second-order valence-corrected chi connectivity index (χ2v) is 8.58. The Morgan fingerprint density at radius 3 is 1.68 bits per heavy atom. The van der Waals surface area contributed by atoms with E-state index >= 15 is 0 Å². The zero-order valence-electron chi connectivity index (χ0n) is 14.5. The number of nitrogens with one attached hydrogen (secondary N) is 3. The first-order valence-corrected chi connectivity index (χ1v) is 10.2. The molecule has 0 unspecified atom stereocenters. The molecule has 0 aliphatic carbocycles. The van der Waals surface area contributed by atoms with Crippen LogP contribution in [0.2, 0.25) is 6.04 Å². The molecule has 0 aromatic heterocycles. The van der Waals surface area contributed by atoms with E-state index in [0.29, 0.717) is 0 Å². The van der Waals surface area contributed by atoms with Gasteiger partial charge in [0.25, 0.3) is 0 Å². The van der Waals surface area contributed by atoms with Gasteiger partial charge in [0, 0.05) is 79.7 Å². The largest absolute Gasteiger partial charge is 0.500 e. The van der Waals surface area contributed by atoms with Crippen LogP contribution < -0.4 is 16.0 Å². The summed E-state index contributed by atoms with van der Waals surface area (Å²) in [5, 5.41) is 10.4. The van der Waals surface area contributed by atoms with Crippen molar-refractivity contribution in [2.75, 3.05) is 80.2 Å². The molecule has 1 aliphatic rings. The van der Waals surface area contributed by atoms with Gasteiger partial charge in [0.15, 0.2) is 0 Å². The molecule has 22 heavy (non-hydrogen) atoms. The minimum Gasteiger partial charge on any atom is -0.377 e. The Balaban J connectivity index is 2.32. The van der Waals surface area contributed by atoms with Crippen LogP contribution in [-0.4, -0.2) is 93.9 Å². The fraction of sp³-hybridized carbons (Fsp3) is 1.00. The summed E-state index contributed by atoms with van der Waals surface area (Å²) >= 11 is 0. The number of rotatable bonds is 7. The molecular formula is C14H34N4O3Si. The fourth-order valence-electron chi connectivity index (χ4n) is 2.61. The average molecular weight is 335 g/mol. The van der Waals surface area contributed by atoms with Gasteiger partial charge in [-0.2, -0.15) is 0 Å². The standard InChI is InChI=1S/C14H34N4O3Si/c1-19-22(20-2,21-3)14-4-11-18-12-9-16-7-5-15-6-8-17-10-13-18/h15-17H,4-14H2,1-3H3. The van der Waals surface area contributed by atoms with E-state index in [1.165, 1.54) is 0 Å². The minimum atomic E-state index is -2.42. The van der Waals surface area contributed by atoms with Crippen molar-refractivity contribution in [3.63, 3.8) is 0 Å². The maximum atomic E-state index is 5.48. The van der Waals surface area contributed by atoms with Crippen LogP contribution in [0.15, 0.2) is 0 Å². The highest BCUT2D eigenvalue weighted by atomic mass is 28.4. The summed E-state index contributed by atoms with van der Waals surface area (Å²) in [6, 6.07) is 0.859. The average Bonchev–Trinajstić information content (AvgIpc) is 2.54. The van der Waals surface area contributed by atoms with E-state index < -0.39 is 8.80 Å². The van der Waals surface area contributed by atoms with Gasteiger partial charge in [0.05, 0.1) is 0 Å².